The van der Waals surface area contributed by atoms with E-state index in [1.807, 2.05) is 36.6 Å². The van der Waals surface area contributed by atoms with Crippen LogP contribution in [-0.4, -0.2) is 10.9 Å². The number of thiazole rings is 1. The molecule has 0 unspecified atom stereocenters. The number of thiophene rings is 1. The molecular formula is C16H13BrN2O2S2. The predicted octanol–water partition coefficient (Wildman–Crippen LogP) is 4.87. The number of nitrogens with one attached hydrogen (secondary N) is 1. The molecule has 118 valence electrons. The average Bonchev–Trinajstić information content (AvgIpc) is 3.24. The van der Waals surface area contributed by atoms with Crippen molar-refractivity contribution in [3.8, 4) is 11.5 Å². The second-order valence-electron chi connectivity index (χ2n) is 4.71. The minimum absolute atomic E-state index is 0.156. The van der Waals surface area contributed by atoms with Crippen molar-refractivity contribution in [2.24, 2.45) is 0 Å². The summed E-state index contributed by atoms with van der Waals surface area (Å²) in [6, 6.07) is 7.62. The number of hydrogen-bond donors (Lipinski definition) is 1. The van der Waals surface area contributed by atoms with Crippen LogP contribution in [0.25, 0.3) is 17.5 Å². The van der Waals surface area contributed by atoms with Gasteiger partial charge in [0.05, 0.1) is 15.3 Å². The number of nitrogens with zero attached hydrogens (tertiary/aromatic N) is 1. The van der Waals surface area contributed by atoms with E-state index >= 15 is 0 Å². The third-order valence-electron chi connectivity index (χ3n) is 2.96. The van der Waals surface area contributed by atoms with Gasteiger partial charge in [-0.3, -0.25) is 4.79 Å². The molecule has 7 heteroatoms. The zero-order valence-corrected chi connectivity index (χ0v) is 15.4. The van der Waals surface area contributed by atoms with E-state index in [0.29, 0.717) is 12.3 Å². The Morgan fingerprint density at radius 1 is 1.39 bits per heavy atom. The molecule has 0 aromatic carbocycles. The lowest BCUT2D eigenvalue weighted by Crippen LogP contribution is -2.19. The summed E-state index contributed by atoms with van der Waals surface area (Å²) in [5.74, 6) is 1.26. The van der Waals surface area contributed by atoms with Crippen LogP contribution in [0.1, 0.15) is 15.6 Å². The smallest absolute Gasteiger partial charge is 0.244 e. The maximum Gasteiger partial charge on any atom is 0.244 e. The highest BCUT2D eigenvalue weighted by molar-refractivity contribution is 9.11. The van der Waals surface area contributed by atoms with Gasteiger partial charge in [-0.25, -0.2) is 4.98 Å². The van der Waals surface area contributed by atoms with Gasteiger partial charge in [0, 0.05) is 16.3 Å². The SMILES string of the molecule is Cc1nc(-c2ccc(CNC(=O)/C=C/c3ccc(Br)s3)o2)cs1. The Hall–Kier alpha value is -1.70. The van der Waals surface area contributed by atoms with E-state index in [4.69, 9.17) is 4.42 Å². The van der Waals surface area contributed by atoms with Crippen molar-refractivity contribution in [3.63, 3.8) is 0 Å². The van der Waals surface area contributed by atoms with Gasteiger partial charge in [0.1, 0.15) is 11.5 Å². The Morgan fingerprint density at radius 3 is 2.96 bits per heavy atom. The highest BCUT2D eigenvalue weighted by Crippen LogP contribution is 2.24. The summed E-state index contributed by atoms with van der Waals surface area (Å²) >= 11 is 6.54. The van der Waals surface area contributed by atoms with Crippen LogP contribution in [0.15, 0.2) is 43.9 Å². The third kappa shape index (κ3) is 4.40. The molecule has 0 bridgehead atoms. The molecule has 0 saturated carbocycles. The van der Waals surface area contributed by atoms with Crippen LogP contribution in [-0.2, 0) is 11.3 Å². The highest BCUT2D eigenvalue weighted by Gasteiger charge is 2.08. The van der Waals surface area contributed by atoms with E-state index in [-0.39, 0.29) is 5.91 Å². The number of hydrogen-bond acceptors (Lipinski definition) is 5. The van der Waals surface area contributed by atoms with Gasteiger partial charge in [0.25, 0.3) is 0 Å². The van der Waals surface area contributed by atoms with Crippen molar-refractivity contribution in [2.45, 2.75) is 13.5 Å². The Morgan fingerprint density at radius 2 is 2.26 bits per heavy atom. The van der Waals surface area contributed by atoms with Crippen LogP contribution < -0.4 is 5.32 Å². The Labute approximate surface area is 150 Å². The topological polar surface area (TPSA) is 55.1 Å². The molecule has 1 N–H and O–H groups in total. The molecule has 3 rings (SSSR count). The van der Waals surface area contributed by atoms with Crippen LogP contribution in [0.2, 0.25) is 0 Å². The number of aromatic nitrogens is 1. The Bertz CT molecular complexity index is 848. The fourth-order valence-electron chi connectivity index (χ4n) is 1.90. The van der Waals surface area contributed by atoms with Crippen LogP contribution in [0.5, 0.6) is 0 Å². The summed E-state index contributed by atoms with van der Waals surface area (Å²) in [4.78, 5) is 17.2. The molecule has 0 fully saturated rings. The van der Waals surface area contributed by atoms with Gasteiger partial charge in [-0.05, 0) is 53.2 Å². The van der Waals surface area contributed by atoms with Gasteiger partial charge >= 0.3 is 0 Å². The molecule has 0 aliphatic heterocycles. The summed E-state index contributed by atoms with van der Waals surface area (Å²) in [5.41, 5.74) is 0.827. The fraction of sp³-hybridized carbons (Fsp3) is 0.125. The number of rotatable bonds is 5. The normalized spacial score (nSPS) is 11.2. The second kappa shape index (κ2) is 7.25. The summed E-state index contributed by atoms with van der Waals surface area (Å²) in [7, 11) is 0. The molecule has 0 aliphatic rings. The van der Waals surface area contributed by atoms with Gasteiger partial charge in [-0.15, -0.1) is 22.7 Å². The first-order chi connectivity index (χ1) is 11.1. The van der Waals surface area contributed by atoms with Crippen molar-refractivity contribution >= 4 is 50.6 Å². The molecular weight excluding hydrogens is 396 g/mol. The zero-order valence-electron chi connectivity index (χ0n) is 12.2. The molecule has 3 heterocycles. The van der Waals surface area contributed by atoms with Crippen molar-refractivity contribution < 1.29 is 9.21 Å². The lowest BCUT2D eigenvalue weighted by molar-refractivity contribution is -0.116. The van der Waals surface area contributed by atoms with Crippen molar-refractivity contribution in [1.29, 1.82) is 0 Å². The fourth-order valence-corrected chi connectivity index (χ4v) is 3.82. The van der Waals surface area contributed by atoms with Crippen LogP contribution in [0.3, 0.4) is 0 Å². The van der Waals surface area contributed by atoms with Crippen LogP contribution >= 0.6 is 38.6 Å². The maximum absolute atomic E-state index is 11.8. The van der Waals surface area contributed by atoms with E-state index in [1.165, 1.54) is 6.08 Å². The third-order valence-corrected chi connectivity index (χ3v) is 5.33. The van der Waals surface area contributed by atoms with E-state index < -0.39 is 0 Å². The van der Waals surface area contributed by atoms with E-state index in [1.54, 1.807) is 28.7 Å². The predicted molar refractivity (Wildman–Crippen MR) is 97.5 cm³/mol. The quantitative estimate of drug-likeness (QED) is 0.612. The zero-order chi connectivity index (χ0) is 16.2. The average molecular weight is 409 g/mol. The first-order valence-electron chi connectivity index (χ1n) is 6.82. The lowest BCUT2D eigenvalue weighted by atomic mass is 10.3. The first-order valence-corrected chi connectivity index (χ1v) is 9.31. The van der Waals surface area contributed by atoms with Crippen LogP contribution in [0, 0.1) is 6.92 Å². The second-order valence-corrected chi connectivity index (χ2v) is 8.27. The molecule has 0 atom stereocenters. The number of furan rings is 1. The van der Waals surface area contributed by atoms with Gasteiger partial charge < -0.3 is 9.73 Å². The molecule has 4 nitrogen and oxygen atoms in total. The van der Waals surface area contributed by atoms with E-state index in [0.717, 1.165) is 25.1 Å². The maximum atomic E-state index is 11.8. The monoisotopic (exact) mass is 408 g/mol. The van der Waals surface area contributed by atoms with Gasteiger partial charge in [0.15, 0.2) is 5.76 Å². The summed E-state index contributed by atoms with van der Waals surface area (Å²) in [5, 5.41) is 5.76. The van der Waals surface area contributed by atoms with Crippen LogP contribution in [0.4, 0.5) is 0 Å². The van der Waals surface area contributed by atoms with E-state index in [9.17, 15) is 4.79 Å². The van der Waals surface area contributed by atoms with Gasteiger partial charge in [-0.2, -0.15) is 0 Å². The molecule has 23 heavy (non-hydrogen) atoms. The molecule has 0 spiro atoms. The van der Waals surface area contributed by atoms with Gasteiger partial charge in [-0.1, -0.05) is 0 Å². The Kier molecular flexibility index (Phi) is 5.09. The Balaban J connectivity index is 1.55. The lowest BCUT2D eigenvalue weighted by Gasteiger charge is -1.98. The number of carbonyl (C=O) groups excluding carboxylic acids is 1. The number of carbonyl (C=O) groups is 1. The molecule has 1 amide bonds. The minimum Gasteiger partial charge on any atom is -0.458 e. The standard InChI is InChI=1S/C16H13BrN2O2S2/c1-10-19-13(9-22-10)14-5-2-11(21-14)8-18-16(20)7-4-12-3-6-15(17)23-12/h2-7,9H,8H2,1H3,(H,18,20)/b7-4+. The van der Waals surface area contributed by atoms with E-state index in [2.05, 4.69) is 26.2 Å². The molecule has 0 aliphatic carbocycles. The molecule has 3 aromatic rings. The van der Waals surface area contributed by atoms with Crippen molar-refractivity contribution in [1.82, 2.24) is 10.3 Å². The van der Waals surface area contributed by atoms with Crippen molar-refractivity contribution in [2.75, 3.05) is 0 Å². The molecule has 0 radical (unpaired) electrons. The summed E-state index contributed by atoms with van der Waals surface area (Å²) in [6.07, 6.45) is 3.31. The summed E-state index contributed by atoms with van der Waals surface area (Å²) in [6.45, 7) is 2.30. The number of halogens is 1. The highest BCUT2D eigenvalue weighted by atomic mass is 79.9. The van der Waals surface area contributed by atoms with Gasteiger partial charge in [0.2, 0.25) is 5.91 Å². The minimum atomic E-state index is -0.156. The largest absolute Gasteiger partial charge is 0.458 e. The first kappa shape index (κ1) is 16.2. The number of amides is 1. The molecule has 3 aromatic heterocycles. The summed E-state index contributed by atoms with van der Waals surface area (Å²) < 4.78 is 6.74. The van der Waals surface area contributed by atoms with Crippen molar-refractivity contribution in [3.05, 3.63) is 55.2 Å². The molecule has 0 saturated heterocycles. The number of aryl methyl sites for hydroxylation is 1.